The number of hydrogen-bond donors (Lipinski definition) is 2. The Morgan fingerprint density at radius 1 is 1.20 bits per heavy atom. The molecule has 1 saturated heterocycles. The molecule has 3 heterocycles. The molecule has 132 valence electrons. The van der Waals surface area contributed by atoms with Crippen molar-refractivity contribution in [2.24, 2.45) is 0 Å². The molecule has 2 aromatic rings. The van der Waals surface area contributed by atoms with E-state index in [9.17, 15) is 5.11 Å². The van der Waals surface area contributed by atoms with Gasteiger partial charge in [0, 0.05) is 50.6 Å². The van der Waals surface area contributed by atoms with Crippen LogP contribution in [0.5, 0.6) is 0 Å². The molecule has 0 amide bonds. The maximum Gasteiger partial charge on any atom is 0.121 e. The second kappa shape index (κ2) is 6.75. The zero-order valence-electron chi connectivity index (χ0n) is 14.9. The van der Waals surface area contributed by atoms with Crippen LogP contribution in [0.4, 0.5) is 5.69 Å². The number of rotatable bonds is 3. The third kappa shape index (κ3) is 3.27. The van der Waals surface area contributed by atoms with Crippen LogP contribution in [0.25, 0.3) is 0 Å². The lowest BCUT2D eigenvalue weighted by Gasteiger charge is -2.34. The summed E-state index contributed by atoms with van der Waals surface area (Å²) in [7, 11) is 2.16. The number of nitrogens with one attached hydrogen (secondary N) is 1. The van der Waals surface area contributed by atoms with Crippen molar-refractivity contribution in [3.8, 4) is 0 Å². The Bertz CT molecular complexity index is 755. The molecule has 2 aliphatic rings. The van der Waals surface area contributed by atoms with E-state index in [1.54, 1.807) is 0 Å². The van der Waals surface area contributed by atoms with E-state index in [1.165, 1.54) is 16.8 Å². The number of likely N-dealkylation sites (N-methyl/N-ethyl adjacent to an activating group) is 1. The number of hydrogen-bond acceptors (Lipinski definition) is 5. The van der Waals surface area contributed by atoms with Crippen LogP contribution in [0.2, 0.25) is 0 Å². The molecule has 1 fully saturated rings. The van der Waals surface area contributed by atoms with Crippen molar-refractivity contribution in [3.05, 3.63) is 58.9 Å². The molecule has 4 rings (SSSR count). The summed E-state index contributed by atoms with van der Waals surface area (Å²) in [6.45, 7) is 7.19. The monoisotopic (exact) mass is 338 g/mol. The van der Waals surface area contributed by atoms with Crippen molar-refractivity contribution in [1.82, 2.24) is 15.2 Å². The molecule has 5 nitrogen and oxygen atoms in total. The first-order valence-corrected chi connectivity index (χ1v) is 9.05. The highest BCUT2D eigenvalue weighted by Crippen LogP contribution is 2.29. The van der Waals surface area contributed by atoms with Gasteiger partial charge in [0.2, 0.25) is 0 Å². The number of aliphatic hydroxyl groups is 1. The molecule has 2 unspecified atom stereocenters. The number of piperazine rings is 1. The van der Waals surface area contributed by atoms with Gasteiger partial charge in [0.1, 0.15) is 6.10 Å². The van der Waals surface area contributed by atoms with Gasteiger partial charge >= 0.3 is 0 Å². The Labute approximate surface area is 149 Å². The molecule has 0 saturated carbocycles. The van der Waals surface area contributed by atoms with Crippen molar-refractivity contribution >= 4 is 5.69 Å². The summed E-state index contributed by atoms with van der Waals surface area (Å²) >= 11 is 0. The third-order valence-corrected chi connectivity index (χ3v) is 5.45. The van der Waals surface area contributed by atoms with Gasteiger partial charge in [-0.15, -0.1) is 0 Å². The first-order chi connectivity index (χ1) is 12.1. The summed E-state index contributed by atoms with van der Waals surface area (Å²) in [4.78, 5) is 9.25. The summed E-state index contributed by atoms with van der Waals surface area (Å²) in [6.07, 6.45) is 1.22. The summed E-state index contributed by atoms with van der Waals surface area (Å²) in [5, 5.41) is 14.3. The van der Waals surface area contributed by atoms with Gasteiger partial charge in [-0.1, -0.05) is 12.1 Å². The second-order valence-electron chi connectivity index (χ2n) is 7.20. The quantitative estimate of drug-likeness (QED) is 0.897. The van der Waals surface area contributed by atoms with E-state index < -0.39 is 6.10 Å². The first-order valence-electron chi connectivity index (χ1n) is 9.05. The molecule has 0 aliphatic carbocycles. The number of pyridine rings is 1. The number of nitrogens with zero attached hydrogens (tertiary/aromatic N) is 3. The summed E-state index contributed by atoms with van der Waals surface area (Å²) < 4.78 is 0. The molecule has 2 N–H and O–H groups in total. The van der Waals surface area contributed by atoms with Gasteiger partial charge in [0.15, 0.2) is 0 Å². The largest absolute Gasteiger partial charge is 0.382 e. The zero-order valence-corrected chi connectivity index (χ0v) is 14.9. The van der Waals surface area contributed by atoms with E-state index in [0.29, 0.717) is 6.04 Å². The van der Waals surface area contributed by atoms with Crippen LogP contribution in [-0.4, -0.2) is 48.2 Å². The summed E-state index contributed by atoms with van der Waals surface area (Å²) in [5.74, 6) is 0. The Morgan fingerprint density at radius 2 is 2.00 bits per heavy atom. The van der Waals surface area contributed by atoms with E-state index in [4.69, 9.17) is 0 Å². The Morgan fingerprint density at radius 3 is 2.80 bits per heavy atom. The molecular formula is C20H26N4O. The molecule has 2 atom stereocenters. The lowest BCUT2D eigenvalue weighted by atomic mass is 10.0. The molecule has 5 heteroatoms. The van der Waals surface area contributed by atoms with Crippen LogP contribution < -0.4 is 10.2 Å². The minimum atomic E-state index is -0.686. The molecule has 0 spiro atoms. The molecule has 25 heavy (non-hydrogen) atoms. The van der Waals surface area contributed by atoms with Crippen molar-refractivity contribution in [1.29, 1.82) is 0 Å². The predicted octanol–water partition coefficient (Wildman–Crippen LogP) is 2.08. The fourth-order valence-corrected chi connectivity index (χ4v) is 3.72. The molecule has 0 bridgehead atoms. The minimum Gasteiger partial charge on any atom is -0.382 e. The Kier molecular flexibility index (Phi) is 4.46. The number of fused-ring (bicyclic) bond motifs is 1. The average Bonchev–Trinajstić information content (AvgIpc) is 3.02. The van der Waals surface area contributed by atoms with E-state index in [-0.39, 0.29) is 0 Å². The molecule has 2 aliphatic heterocycles. The van der Waals surface area contributed by atoms with Crippen molar-refractivity contribution in [2.75, 3.05) is 38.1 Å². The van der Waals surface area contributed by atoms with Crippen LogP contribution in [0.15, 0.2) is 36.5 Å². The fraction of sp³-hybridized carbons (Fsp3) is 0.450. The molecule has 0 radical (unpaired) electrons. The maximum atomic E-state index is 10.8. The molecular weight excluding hydrogens is 312 g/mol. The standard InChI is InChI=1S/C20H26N4O/c1-14-18-13-22-19(11-16(18)12-21-14)20(25)15-4-3-5-17(10-15)24-8-6-23(2)7-9-24/h3-5,10-11,13-14,20-21,25H,6-9,12H2,1-2H3. The number of anilines is 1. The third-order valence-electron chi connectivity index (χ3n) is 5.45. The topological polar surface area (TPSA) is 51.6 Å². The molecule has 1 aromatic carbocycles. The predicted molar refractivity (Wildman–Crippen MR) is 99.7 cm³/mol. The molecule has 1 aromatic heterocycles. The fourth-order valence-electron chi connectivity index (χ4n) is 3.72. The Hall–Kier alpha value is -1.95. The van der Waals surface area contributed by atoms with E-state index in [1.807, 2.05) is 24.4 Å². The van der Waals surface area contributed by atoms with Gasteiger partial charge in [-0.3, -0.25) is 4.98 Å². The number of aliphatic hydroxyl groups excluding tert-OH is 1. The van der Waals surface area contributed by atoms with Crippen LogP contribution in [0.1, 0.15) is 41.5 Å². The highest BCUT2D eigenvalue weighted by Gasteiger charge is 2.22. The van der Waals surface area contributed by atoms with E-state index in [2.05, 4.69) is 46.2 Å². The maximum absolute atomic E-state index is 10.8. The highest BCUT2D eigenvalue weighted by molar-refractivity contribution is 5.50. The second-order valence-corrected chi connectivity index (χ2v) is 7.20. The average molecular weight is 338 g/mol. The van der Waals surface area contributed by atoms with Gasteiger partial charge < -0.3 is 20.2 Å². The SMILES string of the molecule is CC1NCc2cc(C(O)c3cccc(N4CCN(C)CC4)c3)ncc21. The van der Waals surface area contributed by atoms with Gasteiger partial charge in [0.05, 0.1) is 5.69 Å². The van der Waals surface area contributed by atoms with Gasteiger partial charge in [-0.2, -0.15) is 0 Å². The van der Waals surface area contributed by atoms with E-state index >= 15 is 0 Å². The van der Waals surface area contributed by atoms with Crippen LogP contribution in [-0.2, 0) is 6.54 Å². The van der Waals surface area contributed by atoms with Crippen LogP contribution in [0, 0.1) is 0 Å². The normalized spacial score (nSPS) is 22.0. The number of aromatic nitrogens is 1. The van der Waals surface area contributed by atoms with Crippen molar-refractivity contribution in [3.63, 3.8) is 0 Å². The van der Waals surface area contributed by atoms with Gasteiger partial charge in [-0.25, -0.2) is 0 Å². The summed E-state index contributed by atoms with van der Waals surface area (Å²) in [6, 6.07) is 10.6. The Balaban J connectivity index is 1.56. The summed E-state index contributed by atoms with van der Waals surface area (Å²) in [5.41, 5.74) is 5.29. The lowest BCUT2D eigenvalue weighted by Crippen LogP contribution is -2.44. The lowest BCUT2D eigenvalue weighted by molar-refractivity contribution is 0.215. The first kappa shape index (κ1) is 16.5. The van der Waals surface area contributed by atoms with Crippen LogP contribution in [0.3, 0.4) is 0 Å². The highest BCUT2D eigenvalue weighted by atomic mass is 16.3. The zero-order chi connectivity index (χ0) is 17.4. The van der Waals surface area contributed by atoms with E-state index in [0.717, 1.165) is 44.0 Å². The van der Waals surface area contributed by atoms with Gasteiger partial charge in [-0.05, 0) is 48.9 Å². The minimum absolute atomic E-state index is 0.342. The van der Waals surface area contributed by atoms with Gasteiger partial charge in [0.25, 0.3) is 0 Å². The smallest absolute Gasteiger partial charge is 0.121 e. The van der Waals surface area contributed by atoms with Crippen molar-refractivity contribution < 1.29 is 5.11 Å². The van der Waals surface area contributed by atoms with Crippen LogP contribution >= 0.6 is 0 Å². The van der Waals surface area contributed by atoms with Crippen molar-refractivity contribution in [2.45, 2.75) is 25.6 Å². The number of benzene rings is 1.